The second-order valence-electron chi connectivity index (χ2n) is 6.18. The van der Waals surface area contributed by atoms with Crippen LogP contribution in [0.1, 0.15) is 5.56 Å². The van der Waals surface area contributed by atoms with Crippen molar-refractivity contribution in [3.05, 3.63) is 85.2 Å². The van der Waals surface area contributed by atoms with Gasteiger partial charge in [0.25, 0.3) is 10.0 Å². The summed E-state index contributed by atoms with van der Waals surface area (Å²) >= 11 is 0. The first kappa shape index (κ1) is 19.1. The smallest absolute Gasteiger partial charge is 0.261 e. The molecule has 0 spiro atoms. The fourth-order valence-corrected chi connectivity index (χ4v) is 3.70. The molecule has 0 aliphatic rings. The lowest BCUT2D eigenvalue weighted by Crippen LogP contribution is -2.12. The van der Waals surface area contributed by atoms with Gasteiger partial charge in [-0.25, -0.2) is 23.4 Å². The van der Waals surface area contributed by atoms with E-state index in [-0.39, 0.29) is 4.90 Å². The summed E-state index contributed by atoms with van der Waals surface area (Å²) in [6.45, 7) is 0. The predicted molar refractivity (Wildman–Crippen MR) is 111 cm³/mol. The fourth-order valence-electron chi connectivity index (χ4n) is 2.64. The van der Waals surface area contributed by atoms with E-state index in [4.69, 9.17) is 5.26 Å². The van der Waals surface area contributed by atoms with Crippen molar-refractivity contribution in [2.24, 2.45) is 0 Å². The summed E-state index contributed by atoms with van der Waals surface area (Å²) < 4.78 is 29.3. The summed E-state index contributed by atoms with van der Waals surface area (Å²) in [6, 6.07) is 16.2. The van der Waals surface area contributed by atoms with Crippen LogP contribution in [0.3, 0.4) is 0 Å². The van der Waals surface area contributed by atoms with Crippen LogP contribution >= 0.6 is 0 Å². The molecule has 0 saturated heterocycles. The van der Waals surface area contributed by atoms with Crippen LogP contribution in [-0.4, -0.2) is 27.9 Å². The quantitative estimate of drug-likeness (QED) is 0.494. The van der Waals surface area contributed by atoms with Gasteiger partial charge in [0.05, 0.1) is 16.5 Å². The van der Waals surface area contributed by atoms with E-state index in [0.717, 1.165) is 5.69 Å². The van der Waals surface area contributed by atoms with Gasteiger partial charge in [-0.2, -0.15) is 5.26 Å². The maximum absolute atomic E-state index is 12.5. The number of nitrogens with zero attached hydrogens (tertiary/aromatic N) is 5. The summed E-state index contributed by atoms with van der Waals surface area (Å²) in [7, 11) is -3.75. The van der Waals surface area contributed by atoms with Crippen LogP contribution in [0.2, 0.25) is 0 Å². The van der Waals surface area contributed by atoms with Crippen molar-refractivity contribution in [2.45, 2.75) is 4.90 Å². The van der Waals surface area contributed by atoms with Gasteiger partial charge in [-0.05, 0) is 48.5 Å². The van der Waals surface area contributed by atoms with Crippen molar-refractivity contribution in [2.75, 3.05) is 10.0 Å². The molecule has 9 nitrogen and oxygen atoms in total. The molecule has 2 N–H and O–H groups in total. The van der Waals surface area contributed by atoms with Gasteiger partial charge in [0.2, 0.25) is 0 Å². The highest BCUT2D eigenvalue weighted by Crippen LogP contribution is 2.21. The third-order valence-corrected chi connectivity index (χ3v) is 5.52. The minimum atomic E-state index is -3.75. The molecule has 0 aliphatic carbocycles. The summed E-state index contributed by atoms with van der Waals surface area (Å²) in [6.07, 6.45) is 6.52. The first-order valence-corrected chi connectivity index (χ1v) is 10.2. The van der Waals surface area contributed by atoms with E-state index in [1.807, 2.05) is 6.07 Å². The molecule has 30 heavy (non-hydrogen) atoms. The molecule has 0 aliphatic heterocycles. The van der Waals surface area contributed by atoms with E-state index in [9.17, 15) is 8.42 Å². The molecule has 0 saturated carbocycles. The van der Waals surface area contributed by atoms with Crippen LogP contribution in [0.5, 0.6) is 0 Å². The number of aromatic nitrogens is 4. The Hall–Kier alpha value is -4.23. The Morgan fingerprint density at radius 2 is 1.70 bits per heavy atom. The number of rotatable bonds is 6. The van der Waals surface area contributed by atoms with Crippen LogP contribution in [0.15, 0.2) is 84.5 Å². The lowest BCUT2D eigenvalue weighted by Gasteiger charge is -2.10. The number of sulfonamides is 1. The Bertz CT molecular complexity index is 1290. The number of hydrogen-bond donors (Lipinski definition) is 2. The molecular formula is C20H15N7O2S. The zero-order chi connectivity index (χ0) is 21.0. The normalized spacial score (nSPS) is 10.9. The Kier molecular flexibility index (Phi) is 5.11. The van der Waals surface area contributed by atoms with Gasteiger partial charge in [-0.3, -0.25) is 9.29 Å². The molecule has 0 bridgehead atoms. The van der Waals surface area contributed by atoms with E-state index in [1.165, 1.54) is 30.6 Å². The molecule has 4 rings (SSSR count). The van der Waals surface area contributed by atoms with Crippen molar-refractivity contribution in [1.82, 2.24) is 19.5 Å². The van der Waals surface area contributed by atoms with Crippen LogP contribution in [0, 0.1) is 11.3 Å². The second kappa shape index (κ2) is 8.02. The summed E-state index contributed by atoms with van der Waals surface area (Å²) in [5, 5.41) is 12.0. The van der Waals surface area contributed by atoms with Gasteiger partial charge in [0.1, 0.15) is 24.3 Å². The third-order valence-electron chi connectivity index (χ3n) is 4.12. The van der Waals surface area contributed by atoms with Gasteiger partial charge in [-0.1, -0.05) is 0 Å². The Labute approximate surface area is 172 Å². The van der Waals surface area contributed by atoms with Crippen LogP contribution in [0.4, 0.5) is 17.2 Å². The van der Waals surface area contributed by atoms with E-state index < -0.39 is 10.0 Å². The van der Waals surface area contributed by atoms with Gasteiger partial charge >= 0.3 is 0 Å². The van der Waals surface area contributed by atoms with Gasteiger partial charge in [0.15, 0.2) is 0 Å². The van der Waals surface area contributed by atoms with Crippen molar-refractivity contribution in [3.8, 4) is 11.9 Å². The Morgan fingerprint density at radius 3 is 2.37 bits per heavy atom. The molecule has 2 aromatic carbocycles. The fraction of sp³-hybridized carbons (Fsp3) is 0. The lowest BCUT2D eigenvalue weighted by molar-refractivity contribution is 0.601. The third kappa shape index (κ3) is 4.26. The van der Waals surface area contributed by atoms with Crippen LogP contribution in [0.25, 0.3) is 5.82 Å². The minimum Gasteiger partial charge on any atom is -0.340 e. The molecule has 10 heteroatoms. The molecule has 0 amide bonds. The number of benzene rings is 2. The summed E-state index contributed by atoms with van der Waals surface area (Å²) in [5.74, 6) is 1.25. The Balaban J connectivity index is 1.47. The number of anilines is 3. The van der Waals surface area contributed by atoms with Gasteiger partial charge < -0.3 is 5.32 Å². The number of nitriles is 1. The first-order valence-electron chi connectivity index (χ1n) is 8.74. The van der Waals surface area contributed by atoms with Crippen molar-refractivity contribution < 1.29 is 8.42 Å². The van der Waals surface area contributed by atoms with Crippen molar-refractivity contribution >= 4 is 27.2 Å². The van der Waals surface area contributed by atoms with Crippen molar-refractivity contribution in [1.29, 1.82) is 5.26 Å². The molecule has 0 atom stereocenters. The molecule has 4 aromatic rings. The average Bonchev–Trinajstić information content (AvgIpc) is 3.30. The largest absolute Gasteiger partial charge is 0.340 e. The molecule has 0 fully saturated rings. The zero-order valence-corrected chi connectivity index (χ0v) is 16.3. The van der Waals surface area contributed by atoms with E-state index in [1.54, 1.807) is 53.6 Å². The molecule has 2 heterocycles. The highest BCUT2D eigenvalue weighted by molar-refractivity contribution is 7.92. The molecule has 0 radical (unpaired) electrons. The molecule has 2 aromatic heterocycles. The average molecular weight is 417 g/mol. The van der Waals surface area contributed by atoms with E-state index in [0.29, 0.717) is 22.9 Å². The van der Waals surface area contributed by atoms with Crippen molar-refractivity contribution in [3.63, 3.8) is 0 Å². The maximum atomic E-state index is 12.5. The SMILES string of the molecule is N#Cc1ccc(S(=O)(=O)Nc2ccc(Nc3cc(-n4ccnc4)ncn3)cc2)cc1. The molecule has 148 valence electrons. The minimum absolute atomic E-state index is 0.0803. The molecule has 0 unspecified atom stereocenters. The highest BCUT2D eigenvalue weighted by atomic mass is 32.2. The Morgan fingerprint density at radius 1 is 0.967 bits per heavy atom. The standard InChI is InChI=1S/C20H15N7O2S/c21-12-15-1-7-18(8-2-15)30(28,29)26-17-5-3-16(4-6-17)25-19-11-20(24-13-23-19)27-10-9-22-14-27/h1-11,13-14,26H,(H,23,24,25). The monoisotopic (exact) mass is 417 g/mol. The number of hydrogen-bond acceptors (Lipinski definition) is 7. The summed E-state index contributed by atoms with van der Waals surface area (Å²) in [4.78, 5) is 12.5. The van der Waals surface area contributed by atoms with E-state index >= 15 is 0 Å². The highest BCUT2D eigenvalue weighted by Gasteiger charge is 2.14. The van der Waals surface area contributed by atoms with E-state index in [2.05, 4.69) is 25.0 Å². The number of nitrogens with one attached hydrogen (secondary N) is 2. The number of imidazole rings is 1. The van der Waals surface area contributed by atoms with Crippen LogP contribution in [-0.2, 0) is 10.0 Å². The van der Waals surface area contributed by atoms with Gasteiger partial charge in [-0.15, -0.1) is 0 Å². The first-order chi connectivity index (χ1) is 14.5. The molecular weight excluding hydrogens is 402 g/mol. The maximum Gasteiger partial charge on any atom is 0.261 e. The van der Waals surface area contributed by atoms with Gasteiger partial charge in [0, 0.05) is 29.8 Å². The zero-order valence-electron chi connectivity index (χ0n) is 15.5. The van der Waals surface area contributed by atoms with Crippen LogP contribution < -0.4 is 10.0 Å². The summed E-state index contributed by atoms with van der Waals surface area (Å²) in [5.41, 5.74) is 1.53. The predicted octanol–water partition coefficient (Wildman–Crippen LogP) is 3.08. The topological polar surface area (TPSA) is 126 Å². The second-order valence-corrected chi connectivity index (χ2v) is 7.86. The lowest BCUT2D eigenvalue weighted by atomic mass is 10.2.